The van der Waals surface area contributed by atoms with Gasteiger partial charge in [-0.2, -0.15) is 0 Å². The van der Waals surface area contributed by atoms with E-state index in [2.05, 4.69) is 26.1 Å². The van der Waals surface area contributed by atoms with Gasteiger partial charge in [0.25, 0.3) is 0 Å². The molecule has 0 saturated carbocycles. The second-order valence-electron chi connectivity index (χ2n) is 6.42. The molecule has 2 N–H and O–H groups in total. The third-order valence-electron chi connectivity index (χ3n) is 3.86. The molecule has 1 atom stereocenters. The van der Waals surface area contributed by atoms with Crippen molar-refractivity contribution in [2.24, 2.45) is 5.41 Å². The number of carboxylic acids is 1. The van der Waals surface area contributed by atoms with Crippen molar-refractivity contribution in [3.05, 3.63) is 29.3 Å². The molecule has 0 aliphatic rings. The average Bonchev–Trinajstić information content (AvgIpc) is 2.35. The number of carboxylic acid groups (broad SMARTS) is 1. The van der Waals surface area contributed by atoms with E-state index in [1.165, 1.54) is 6.07 Å². The standard InChI is InChI=1S/C16H24N2O3/c1-10-9-12(7-8-13(10)14(19)20)17-15(21)18(6)11(2)16(3,4)5/h7-9,11H,1-6H3,(H,17,21)(H,19,20). The predicted molar refractivity (Wildman–Crippen MR) is 83.8 cm³/mol. The fraction of sp³-hybridized carbons (Fsp3) is 0.500. The zero-order chi connectivity index (χ0) is 16.4. The van der Waals surface area contributed by atoms with Gasteiger partial charge in [0, 0.05) is 18.8 Å². The van der Waals surface area contributed by atoms with Gasteiger partial charge >= 0.3 is 12.0 Å². The van der Waals surface area contributed by atoms with Crippen LogP contribution in [0, 0.1) is 12.3 Å². The first-order valence-corrected chi connectivity index (χ1v) is 6.91. The monoisotopic (exact) mass is 292 g/mol. The molecule has 1 aromatic carbocycles. The fourth-order valence-electron chi connectivity index (χ4n) is 1.95. The summed E-state index contributed by atoms with van der Waals surface area (Å²) < 4.78 is 0. The Hall–Kier alpha value is -2.04. The number of benzene rings is 1. The predicted octanol–water partition coefficient (Wildman–Crippen LogP) is 3.59. The van der Waals surface area contributed by atoms with Crippen molar-refractivity contribution >= 4 is 17.7 Å². The maximum Gasteiger partial charge on any atom is 0.335 e. The summed E-state index contributed by atoms with van der Waals surface area (Å²) in [6.45, 7) is 9.94. The third-order valence-corrected chi connectivity index (χ3v) is 3.86. The Morgan fingerprint density at radius 1 is 1.29 bits per heavy atom. The molecule has 116 valence electrons. The minimum Gasteiger partial charge on any atom is -0.478 e. The molecule has 0 heterocycles. The van der Waals surface area contributed by atoms with E-state index >= 15 is 0 Å². The number of carbonyl (C=O) groups excluding carboxylic acids is 1. The Labute approximate surface area is 126 Å². The number of nitrogens with zero attached hydrogens (tertiary/aromatic N) is 1. The van der Waals surface area contributed by atoms with Crippen molar-refractivity contribution in [1.29, 1.82) is 0 Å². The third kappa shape index (κ3) is 4.21. The summed E-state index contributed by atoms with van der Waals surface area (Å²) in [7, 11) is 1.75. The summed E-state index contributed by atoms with van der Waals surface area (Å²) >= 11 is 0. The molecule has 5 heteroatoms. The highest BCUT2D eigenvalue weighted by Gasteiger charge is 2.27. The van der Waals surface area contributed by atoms with Gasteiger partial charge in [0.2, 0.25) is 0 Å². The molecule has 0 aliphatic heterocycles. The van der Waals surface area contributed by atoms with E-state index in [1.807, 2.05) is 6.92 Å². The van der Waals surface area contributed by atoms with Crippen LogP contribution in [0.4, 0.5) is 10.5 Å². The SMILES string of the molecule is Cc1cc(NC(=O)N(C)C(C)C(C)(C)C)ccc1C(=O)O. The summed E-state index contributed by atoms with van der Waals surface area (Å²) in [6.07, 6.45) is 0. The van der Waals surface area contributed by atoms with Crippen molar-refractivity contribution in [3.63, 3.8) is 0 Å². The van der Waals surface area contributed by atoms with E-state index in [0.717, 1.165) is 0 Å². The number of urea groups is 1. The first-order chi connectivity index (χ1) is 9.54. The molecule has 0 spiro atoms. The van der Waals surface area contributed by atoms with Gasteiger partial charge in [-0.05, 0) is 43.0 Å². The highest BCUT2D eigenvalue weighted by molar-refractivity contribution is 5.92. The molecule has 0 fully saturated rings. The lowest BCUT2D eigenvalue weighted by molar-refractivity contribution is 0.0696. The van der Waals surface area contributed by atoms with Crippen molar-refractivity contribution < 1.29 is 14.7 Å². The van der Waals surface area contributed by atoms with Crippen LogP contribution >= 0.6 is 0 Å². The van der Waals surface area contributed by atoms with Gasteiger partial charge < -0.3 is 15.3 Å². The summed E-state index contributed by atoms with van der Waals surface area (Å²) in [4.78, 5) is 24.8. The van der Waals surface area contributed by atoms with Crippen LogP contribution < -0.4 is 5.32 Å². The normalized spacial score (nSPS) is 12.7. The van der Waals surface area contributed by atoms with Crippen molar-refractivity contribution in [2.45, 2.75) is 40.7 Å². The molecule has 21 heavy (non-hydrogen) atoms. The Bertz CT molecular complexity index is 547. The molecule has 0 radical (unpaired) electrons. The molecule has 0 saturated heterocycles. The zero-order valence-electron chi connectivity index (χ0n) is 13.5. The van der Waals surface area contributed by atoms with Crippen LogP contribution in [0.2, 0.25) is 0 Å². The fourth-order valence-corrected chi connectivity index (χ4v) is 1.95. The molecule has 0 aromatic heterocycles. The smallest absolute Gasteiger partial charge is 0.335 e. The number of hydrogen-bond acceptors (Lipinski definition) is 2. The van der Waals surface area contributed by atoms with Crippen LogP contribution in [0.5, 0.6) is 0 Å². The van der Waals surface area contributed by atoms with Crippen LogP contribution in [0.3, 0.4) is 0 Å². The first kappa shape index (κ1) is 17.0. The molecular formula is C16H24N2O3. The zero-order valence-corrected chi connectivity index (χ0v) is 13.5. The van der Waals surface area contributed by atoms with E-state index in [4.69, 9.17) is 5.11 Å². The average molecular weight is 292 g/mol. The van der Waals surface area contributed by atoms with Crippen LogP contribution in [0.1, 0.15) is 43.6 Å². The number of nitrogens with one attached hydrogen (secondary N) is 1. The van der Waals surface area contributed by atoms with Crippen LogP contribution in [-0.2, 0) is 0 Å². The second kappa shape index (κ2) is 6.16. The molecular weight excluding hydrogens is 268 g/mol. The maximum absolute atomic E-state index is 12.2. The molecule has 0 bridgehead atoms. The van der Waals surface area contributed by atoms with Gasteiger partial charge in [-0.25, -0.2) is 9.59 Å². The lowest BCUT2D eigenvalue weighted by Gasteiger charge is -2.35. The minimum atomic E-state index is -0.969. The lowest BCUT2D eigenvalue weighted by atomic mass is 9.87. The Morgan fingerprint density at radius 3 is 2.29 bits per heavy atom. The Morgan fingerprint density at radius 2 is 1.86 bits per heavy atom. The number of aryl methyl sites for hydroxylation is 1. The summed E-state index contributed by atoms with van der Waals surface area (Å²) in [5, 5.41) is 11.8. The van der Waals surface area contributed by atoms with Gasteiger partial charge in [0.05, 0.1) is 5.56 Å². The number of amides is 2. The van der Waals surface area contributed by atoms with Gasteiger partial charge in [0.1, 0.15) is 0 Å². The van der Waals surface area contributed by atoms with E-state index in [9.17, 15) is 9.59 Å². The van der Waals surface area contributed by atoms with E-state index in [1.54, 1.807) is 31.0 Å². The Kier molecular flexibility index (Phi) is 4.99. The number of carbonyl (C=O) groups is 2. The lowest BCUT2D eigenvalue weighted by Crippen LogP contribution is -2.44. The molecule has 1 rings (SSSR count). The maximum atomic E-state index is 12.2. The van der Waals surface area contributed by atoms with E-state index in [0.29, 0.717) is 11.3 Å². The van der Waals surface area contributed by atoms with E-state index in [-0.39, 0.29) is 23.1 Å². The molecule has 1 aromatic rings. The summed E-state index contributed by atoms with van der Waals surface area (Å²) in [5.41, 5.74) is 1.43. The number of rotatable bonds is 3. The molecule has 5 nitrogen and oxygen atoms in total. The van der Waals surface area contributed by atoms with Gasteiger partial charge in [0.15, 0.2) is 0 Å². The van der Waals surface area contributed by atoms with Gasteiger partial charge in [-0.3, -0.25) is 0 Å². The van der Waals surface area contributed by atoms with Crippen LogP contribution in [0.25, 0.3) is 0 Å². The number of aromatic carboxylic acids is 1. The molecule has 0 aliphatic carbocycles. The summed E-state index contributed by atoms with van der Waals surface area (Å²) in [6, 6.07) is 4.62. The van der Waals surface area contributed by atoms with Gasteiger partial charge in [-0.1, -0.05) is 20.8 Å². The Balaban J connectivity index is 2.84. The van der Waals surface area contributed by atoms with Gasteiger partial charge in [-0.15, -0.1) is 0 Å². The molecule has 1 unspecified atom stereocenters. The summed E-state index contributed by atoms with van der Waals surface area (Å²) in [5.74, 6) is -0.969. The number of anilines is 1. The number of hydrogen-bond donors (Lipinski definition) is 2. The minimum absolute atomic E-state index is 0.0187. The van der Waals surface area contributed by atoms with Crippen LogP contribution in [0.15, 0.2) is 18.2 Å². The second-order valence-corrected chi connectivity index (χ2v) is 6.42. The van der Waals surface area contributed by atoms with Crippen LogP contribution in [-0.4, -0.2) is 35.1 Å². The van der Waals surface area contributed by atoms with Crippen molar-refractivity contribution in [1.82, 2.24) is 4.90 Å². The highest BCUT2D eigenvalue weighted by atomic mass is 16.4. The highest BCUT2D eigenvalue weighted by Crippen LogP contribution is 2.24. The topological polar surface area (TPSA) is 69.6 Å². The molecule has 2 amide bonds. The van der Waals surface area contributed by atoms with Crippen molar-refractivity contribution in [2.75, 3.05) is 12.4 Å². The van der Waals surface area contributed by atoms with Crippen molar-refractivity contribution in [3.8, 4) is 0 Å². The first-order valence-electron chi connectivity index (χ1n) is 6.91. The quantitative estimate of drug-likeness (QED) is 0.894. The largest absolute Gasteiger partial charge is 0.478 e. The van der Waals surface area contributed by atoms with E-state index < -0.39 is 5.97 Å².